The van der Waals surface area contributed by atoms with Gasteiger partial charge in [0, 0.05) is 43.8 Å². The smallest absolute Gasteiger partial charge is 0.227 e. The minimum Gasteiger partial charge on any atom is -0.345 e. The second kappa shape index (κ2) is 9.67. The zero-order chi connectivity index (χ0) is 14.7. The zero-order valence-corrected chi connectivity index (χ0v) is 15.9. The molecule has 1 atom stereocenters. The predicted octanol–water partition coefficient (Wildman–Crippen LogP) is 2.20. The fraction of sp³-hybridized carbons (Fsp3) is 0.733. The highest BCUT2D eigenvalue weighted by molar-refractivity contribution is 7.15. The van der Waals surface area contributed by atoms with Crippen LogP contribution in [0.4, 0.5) is 5.13 Å². The Morgan fingerprint density at radius 2 is 2.09 bits per heavy atom. The summed E-state index contributed by atoms with van der Waals surface area (Å²) in [5.41, 5.74) is 0. The third kappa shape index (κ3) is 4.95. The monoisotopic (exact) mass is 380 g/mol. The Labute approximate surface area is 154 Å². The molecule has 0 bridgehead atoms. The molecule has 3 rings (SSSR count). The van der Waals surface area contributed by atoms with Gasteiger partial charge in [-0.1, -0.05) is 6.92 Å². The number of rotatable bonds is 3. The largest absolute Gasteiger partial charge is 0.345 e. The lowest BCUT2D eigenvalue weighted by Gasteiger charge is -2.37. The molecule has 2 aliphatic rings. The molecule has 0 spiro atoms. The Morgan fingerprint density at radius 3 is 2.65 bits per heavy atom. The standard InChI is InChI=1S/C15H24N4OS.2ClH/c1-2-13-11-17-15(21-13)19-8-6-18(7-9-19)14(20)12-4-3-5-16-10-12;;/h11-12,16H,2-10H2,1H3;2*1H. The van der Waals surface area contributed by atoms with Gasteiger partial charge in [0.1, 0.15) is 0 Å². The summed E-state index contributed by atoms with van der Waals surface area (Å²) in [5.74, 6) is 0.534. The van der Waals surface area contributed by atoms with Crippen LogP contribution in [-0.4, -0.2) is 55.1 Å². The Balaban J connectivity index is 0.00000132. The quantitative estimate of drug-likeness (QED) is 0.872. The molecule has 3 heterocycles. The summed E-state index contributed by atoms with van der Waals surface area (Å²) in [6, 6.07) is 0. The van der Waals surface area contributed by atoms with E-state index < -0.39 is 0 Å². The first kappa shape index (κ1) is 20.5. The second-order valence-electron chi connectivity index (χ2n) is 5.82. The van der Waals surface area contributed by atoms with Crippen molar-refractivity contribution >= 4 is 47.2 Å². The molecule has 0 saturated carbocycles. The molecule has 2 aliphatic heterocycles. The van der Waals surface area contributed by atoms with Crippen LogP contribution in [0.5, 0.6) is 0 Å². The second-order valence-corrected chi connectivity index (χ2v) is 6.91. The van der Waals surface area contributed by atoms with Crippen LogP contribution in [0, 0.1) is 5.92 Å². The van der Waals surface area contributed by atoms with E-state index in [0.29, 0.717) is 5.91 Å². The van der Waals surface area contributed by atoms with Gasteiger partial charge >= 0.3 is 0 Å². The first-order chi connectivity index (χ1) is 10.3. The lowest BCUT2D eigenvalue weighted by molar-refractivity contribution is -0.136. The van der Waals surface area contributed by atoms with E-state index in [1.807, 2.05) is 11.1 Å². The number of nitrogens with zero attached hydrogens (tertiary/aromatic N) is 3. The molecule has 0 aliphatic carbocycles. The number of hydrogen-bond acceptors (Lipinski definition) is 5. The van der Waals surface area contributed by atoms with Crippen LogP contribution in [0.1, 0.15) is 24.6 Å². The average Bonchev–Trinajstić information content (AvgIpc) is 3.04. The third-order valence-corrected chi connectivity index (χ3v) is 5.60. The summed E-state index contributed by atoms with van der Waals surface area (Å²) < 4.78 is 0. The van der Waals surface area contributed by atoms with Gasteiger partial charge in [0.15, 0.2) is 5.13 Å². The third-order valence-electron chi connectivity index (χ3n) is 4.40. The number of hydrogen-bond donors (Lipinski definition) is 1. The van der Waals surface area contributed by atoms with Crippen LogP contribution < -0.4 is 10.2 Å². The summed E-state index contributed by atoms with van der Waals surface area (Å²) in [6.07, 6.45) is 5.18. The van der Waals surface area contributed by atoms with Crippen molar-refractivity contribution in [3.05, 3.63) is 11.1 Å². The number of piperazine rings is 1. The normalized spacial score (nSPS) is 21.3. The van der Waals surface area contributed by atoms with E-state index in [4.69, 9.17) is 0 Å². The highest BCUT2D eigenvalue weighted by Crippen LogP contribution is 2.24. The molecule has 2 saturated heterocycles. The summed E-state index contributed by atoms with van der Waals surface area (Å²) in [6.45, 7) is 7.54. The molecule has 8 heteroatoms. The maximum Gasteiger partial charge on any atom is 0.227 e. The molecule has 1 unspecified atom stereocenters. The number of thiazole rings is 1. The van der Waals surface area contributed by atoms with Crippen molar-refractivity contribution in [2.24, 2.45) is 5.92 Å². The van der Waals surface area contributed by atoms with Crippen molar-refractivity contribution in [1.29, 1.82) is 0 Å². The number of aromatic nitrogens is 1. The number of anilines is 1. The number of piperidine rings is 1. The van der Waals surface area contributed by atoms with Gasteiger partial charge in [0.25, 0.3) is 0 Å². The van der Waals surface area contributed by atoms with E-state index in [-0.39, 0.29) is 30.7 Å². The van der Waals surface area contributed by atoms with E-state index >= 15 is 0 Å². The molecular weight excluding hydrogens is 355 g/mol. The zero-order valence-electron chi connectivity index (χ0n) is 13.5. The number of halogens is 2. The topological polar surface area (TPSA) is 48.5 Å². The van der Waals surface area contributed by atoms with Gasteiger partial charge in [0.2, 0.25) is 5.91 Å². The summed E-state index contributed by atoms with van der Waals surface area (Å²) in [7, 11) is 0. The van der Waals surface area contributed by atoms with Gasteiger partial charge < -0.3 is 15.1 Å². The van der Waals surface area contributed by atoms with Crippen LogP contribution in [-0.2, 0) is 11.2 Å². The van der Waals surface area contributed by atoms with Gasteiger partial charge in [-0.25, -0.2) is 4.98 Å². The minimum atomic E-state index is 0. The molecule has 1 aromatic heterocycles. The molecule has 0 radical (unpaired) electrons. The van der Waals surface area contributed by atoms with E-state index in [0.717, 1.165) is 63.7 Å². The van der Waals surface area contributed by atoms with Gasteiger partial charge in [-0.3, -0.25) is 4.79 Å². The SMILES string of the molecule is CCc1cnc(N2CCN(C(=O)C3CCCNC3)CC2)s1.Cl.Cl. The predicted molar refractivity (Wildman–Crippen MR) is 100 cm³/mol. The number of carbonyl (C=O) groups excluding carboxylic acids is 1. The summed E-state index contributed by atoms with van der Waals surface area (Å²) >= 11 is 1.78. The number of aryl methyl sites for hydroxylation is 1. The van der Waals surface area contributed by atoms with Crippen molar-refractivity contribution in [3.63, 3.8) is 0 Å². The molecule has 1 aromatic rings. The van der Waals surface area contributed by atoms with Crippen LogP contribution in [0.3, 0.4) is 0 Å². The van der Waals surface area contributed by atoms with E-state index in [1.165, 1.54) is 4.88 Å². The van der Waals surface area contributed by atoms with Gasteiger partial charge in [-0.2, -0.15) is 0 Å². The van der Waals surface area contributed by atoms with E-state index in [9.17, 15) is 4.79 Å². The highest BCUT2D eigenvalue weighted by Gasteiger charge is 2.28. The van der Waals surface area contributed by atoms with Crippen LogP contribution in [0.15, 0.2) is 6.20 Å². The Kier molecular flexibility index (Phi) is 8.61. The molecule has 0 aromatic carbocycles. The summed E-state index contributed by atoms with van der Waals surface area (Å²) in [5, 5.41) is 4.44. The highest BCUT2D eigenvalue weighted by atomic mass is 35.5. The van der Waals surface area contributed by atoms with Gasteiger partial charge in [0.05, 0.1) is 5.92 Å². The van der Waals surface area contributed by atoms with Crippen molar-refractivity contribution in [2.45, 2.75) is 26.2 Å². The molecule has 23 heavy (non-hydrogen) atoms. The first-order valence-corrected chi connectivity index (χ1v) is 8.78. The Bertz CT molecular complexity index is 486. The van der Waals surface area contributed by atoms with E-state index in [2.05, 4.69) is 22.1 Å². The average molecular weight is 381 g/mol. The van der Waals surface area contributed by atoms with Crippen molar-refractivity contribution in [2.75, 3.05) is 44.2 Å². The van der Waals surface area contributed by atoms with E-state index in [1.54, 1.807) is 11.3 Å². The molecule has 2 fully saturated rings. The molecule has 1 amide bonds. The lowest BCUT2D eigenvalue weighted by Crippen LogP contribution is -2.52. The lowest BCUT2D eigenvalue weighted by atomic mass is 9.98. The van der Waals surface area contributed by atoms with Gasteiger partial charge in [-0.05, 0) is 25.8 Å². The summed E-state index contributed by atoms with van der Waals surface area (Å²) in [4.78, 5) is 22.7. The minimum absolute atomic E-state index is 0. The van der Waals surface area contributed by atoms with Crippen LogP contribution in [0.25, 0.3) is 0 Å². The fourth-order valence-electron chi connectivity index (χ4n) is 3.05. The maximum atomic E-state index is 12.5. The van der Waals surface area contributed by atoms with Gasteiger partial charge in [-0.15, -0.1) is 36.2 Å². The molecule has 132 valence electrons. The number of amides is 1. The Hall–Kier alpha value is -0.560. The molecule has 5 nitrogen and oxygen atoms in total. The maximum absolute atomic E-state index is 12.5. The fourth-order valence-corrected chi connectivity index (χ4v) is 3.95. The number of carbonyl (C=O) groups is 1. The van der Waals surface area contributed by atoms with Crippen LogP contribution >= 0.6 is 36.2 Å². The van der Waals surface area contributed by atoms with Crippen molar-refractivity contribution < 1.29 is 4.79 Å². The Morgan fingerprint density at radius 1 is 1.35 bits per heavy atom. The van der Waals surface area contributed by atoms with Crippen molar-refractivity contribution in [1.82, 2.24) is 15.2 Å². The molecular formula is C15H26Cl2N4OS. The molecule has 1 N–H and O–H groups in total. The van der Waals surface area contributed by atoms with Crippen molar-refractivity contribution in [3.8, 4) is 0 Å². The number of nitrogens with one attached hydrogen (secondary N) is 1. The van der Waals surface area contributed by atoms with Crippen LogP contribution in [0.2, 0.25) is 0 Å². The first-order valence-electron chi connectivity index (χ1n) is 7.97.